The molecule has 2 unspecified atom stereocenters. The Balaban J connectivity index is 1.55. The molecule has 0 bridgehead atoms. The van der Waals surface area contributed by atoms with Gasteiger partial charge in [0.25, 0.3) is 0 Å². The smallest absolute Gasteiger partial charge is 0.248 e. The number of rotatable bonds is 6. The van der Waals surface area contributed by atoms with Crippen LogP contribution in [0.5, 0.6) is 5.88 Å². The zero-order valence-electron chi connectivity index (χ0n) is 17.5. The van der Waals surface area contributed by atoms with Gasteiger partial charge in [-0.2, -0.15) is 11.3 Å². The van der Waals surface area contributed by atoms with Crippen LogP contribution >= 0.6 is 35.8 Å². The second-order valence-corrected chi connectivity index (χ2v) is 9.78. The Morgan fingerprint density at radius 2 is 2.00 bits per heavy atom. The number of pyridine rings is 1. The van der Waals surface area contributed by atoms with E-state index in [0.717, 1.165) is 5.56 Å². The van der Waals surface area contributed by atoms with Crippen molar-refractivity contribution in [2.45, 2.75) is 17.9 Å². The number of piperidine rings is 1. The van der Waals surface area contributed by atoms with Crippen LogP contribution in [0.25, 0.3) is 0 Å². The van der Waals surface area contributed by atoms with E-state index in [2.05, 4.69) is 12.8 Å². The molecule has 2 aliphatic heterocycles. The molecule has 0 aliphatic carbocycles. The number of carbonyl (C=O) groups excluding carboxylic acids is 2. The van der Waals surface area contributed by atoms with Gasteiger partial charge in [-0.15, -0.1) is 0 Å². The minimum Gasteiger partial charge on any atom is -0.477 e. The number of nitrogens with zero attached hydrogens (tertiary/aromatic N) is 2. The molecule has 6 nitrogen and oxygen atoms in total. The summed E-state index contributed by atoms with van der Waals surface area (Å²) < 4.78 is 12.4. The summed E-state index contributed by atoms with van der Waals surface area (Å²) in [4.78, 5) is 31.9. The molecular weight excluding hydrogens is 480 g/mol. The van der Waals surface area contributed by atoms with Gasteiger partial charge in [0.2, 0.25) is 11.8 Å². The Hall–Kier alpha value is -2.39. The number of ketones is 1. The molecule has 33 heavy (non-hydrogen) atoms. The number of hydrogen-bond acceptors (Lipinski definition) is 7. The van der Waals surface area contributed by atoms with Crippen molar-refractivity contribution in [3.05, 3.63) is 81.1 Å². The SMILES string of the molecule is O=C1CC(c2ccsc2)(c2cccc(OCC3COC3)n2)N(S)C(=O)C1c1ccccc1Cl. The fourth-order valence-electron chi connectivity index (χ4n) is 4.27. The number of hydrogen-bond donors (Lipinski definition) is 1. The van der Waals surface area contributed by atoms with E-state index in [1.54, 1.807) is 36.4 Å². The molecule has 0 radical (unpaired) electrons. The molecule has 3 aromatic rings. The predicted molar refractivity (Wildman–Crippen MR) is 129 cm³/mol. The summed E-state index contributed by atoms with van der Waals surface area (Å²) in [7, 11) is 0. The van der Waals surface area contributed by atoms with Crippen LogP contribution in [0.3, 0.4) is 0 Å². The fraction of sp³-hybridized carbons (Fsp3) is 0.292. The van der Waals surface area contributed by atoms with Gasteiger partial charge >= 0.3 is 0 Å². The van der Waals surface area contributed by atoms with Crippen molar-refractivity contribution in [1.29, 1.82) is 0 Å². The second kappa shape index (κ2) is 9.10. The van der Waals surface area contributed by atoms with Crippen molar-refractivity contribution in [2.75, 3.05) is 19.8 Å². The molecule has 4 heterocycles. The topological polar surface area (TPSA) is 68.7 Å². The first-order chi connectivity index (χ1) is 16.0. The lowest BCUT2D eigenvalue weighted by molar-refractivity contribution is -0.142. The Kier molecular flexibility index (Phi) is 6.18. The van der Waals surface area contributed by atoms with Crippen LogP contribution in [0.2, 0.25) is 5.02 Å². The number of aromatic nitrogens is 1. The molecule has 2 atom stereocenters. The normalized spacial score (nSPS) is 23.5. The van der Waals surface area contributed by atoms with Crippen LogP contribution in [0.15, 0.2) is 59.3 Å². The van der Waals surface area contributed by atoms with Crippen molar-refractivity contribution in [3.63, 3.8) is 0 Å². The lowest BCUT2D eigenvalue weighted by Gasteiger charge is -2.45. The maximum absolute atomic E-state index is 13.6. The zero-order valence-corrected chi connectivity index (χ0v) is 20.0. The number of halogens is 1. The Bertz CT molecular complexity index is 1180. The number of thiol groups is 1. The lowest BCUT2D eigenvalue weighted by Crippen LogP contribution is -2.54. The summed E-state index contributed by atoms with van der Waals surface area (Å²) in [6.45, 7) is 1.85. The minimum absolute atomic E-state index is 0.0157. The maximum atomic E-state index is 13.6. The van der Waals surface area contributed by atoms with Crippen LogP contribution in [0.1, 0.15) is 29.2 Å². The molecule has 2 saturated heterocycles. The van der Waals surface area contributed by atoms with Gasteiger partial charge in [0, 0.05) is 23.4 Å². The summed E-state index contributed by atoms with van der Waals surface area (Å²) in [5.41, 5.74) is 0.630. The summed E-state index contributed by atoms with van der Waals surface area (Å²) >= 11 is 12.5. The van der Waals surface area contributed by atoms with E-state index < -0.39 is 17.4 Å². The second-order valence-electron chi connectivity index (χ2n) is 8.20. The highest BCUT2D eigenvalue weighted by atomic mass is 35.5. The largest absolute Gasteiger partial charge is 0.477 e. The minimum atomic E-state index is -1.16. The third-order valence-corrected chi connectivity index (χ3v) is 7.67. The first-order valence-corrected chi connectivity index (χ1v) is 12.2. The molecule has 0 N–H and O–H groups in total. The number of Topliss-reactive ketones (excluding diaryl/α,β-unsaturated/α-hetero) is 1. The number of thiophene rings is 1. The highest BCUT2D eigenvalue weighted by Gasteiger charge is 2.53. The summed E-state index contributed by atoms with van der Waals surface area (Å²) in [6, 6.07) is 14.2. The molecule has 0 saturated carbocycles. The Morgan fingerprint density at radius 1 is 1.18 bits per heavy atom. The van der Waals surface area contributed by atoms with Crippen molar-refractivity contribution in [2.24, 2.45) is 5.92 Å². The molecular formula is C24H21ClN2O4S2. The Labute approximate surface area is 206 Å². The van der Waals surface area contributed by atoms with Crippen molar-refractivity contribution in [1.82, 2.24) is 9.29 Å². The van der Waals surface area contributed by atoms with Crippen molar-refractivity contribution in [3.8, 4) is 5.88 Å². The first-order valence-electron chi connectivity index (χ1n) is 10.5. The van der Waals surface area contributed by atoms with Crippen molar-refractivity contribution >= 4 is 47.4 Å². The van der Waals surface area contributed by atoms with Gasteiger partial charge < -0.3 is 9.47 Å². The van der Waals surface area contributed by atoms with E-state index in [0.29, 0.717) is 47.9 Å². The molecule has 1 aromatic carbocycles. The van der Waals surface area contributed by atoms with Gasteiger partial charge in [-0.1, -0.05) is 48.7 Å². The summed E-state index contributed by atoms with van der Waals surface area (Å²) in [5, 5.41) is 4.20. The van der Waals surface area contributed by atoms with Crippen LogP contribution in [-0.4, -0.2) is 40.8 Å². The monoisotopic (exact) mass is 500 g/mol. The van der Waals surface area contributed by atoms with Crippen LogP contribution in [0, 0.1) is 5.92 Å². The molecule has 5 rings (SSSR count). The van der Waals surface area contributed by atoms with Gasteiger partial charge in [0.1, 0.15) is 11.5 Å². The molecule has 9 heteroatoms. The summed E-state index contributed by atoms with van der Waals surface area (Å²) in [5.74, 6) is -0.903. The number of ether oxygens (including phenoxy) is 2. The number of benzene rings is 1. The van der Waals surface area contributed by atoms with Gasteiger partial charge in [-0.25, -0.2) is 4.98 Å². The predicted octanol–water partition coefficient (Wildman–Crippen LogP) is 4.50. The molecule has 1 amide bonds. The van der Waals surface area contributed by atoms with Crippen molar-refractivity contribution < 1.29 is 19.1 Å². The van der Waals surface area contributed by atoms with E-state index in [1.807, 2.05) is 22.9 Å². The van der Waals surface area contributed by atoms with Gasteiger partial charge in [0.05, 0.1) is 25.5 Å². The summed E-state index contributed by atoms with van der Waals surface area (Å²) in [6.07, 6.45) is 0.0157. The lowest BCUT2D eigenvalue weighted by atomic mass is 9.75. The zero-order chi connectivity index (χ0) is 23.0. The van der Waals surface area contributed by atoms with Crippen LogP contribution in [-0.2, 0) is 19.9 Å². The third kappa shape index (κ3) is 3.95. The molecule has 0 spiro atoms. The van der Waals surface area contributed by atoms with E-state index in [4.69, 9.17) is 26.1 Å². The van der Waals surface area contributed by atoms with Crippen LogP contribution < -0.4 is 4.74 Å². The van der Waals surface area contributed by atoms with Gasteiger partial charge in [-0.3, -0.25) is 13.9 Å². The molecule has 170 valence electrons. The standard InChI is InChI=1S/C24H21ClN2O4S2/c25-18-5-2-1-4-17(18)22-19(28)10-24(27(32)23(22)29,16-8-9-33-14-16)20-6-3-7-21(26-20)31-13-15-11-30-12-15/h1-9,14-15,22,32H,10-13H2. The van der Waals surface area contributed by atoms with Crippen LogP contribution in [0.4, 0.5) is 0 Å². The van der Waals surface area contributed by atoms with Gasteiger partial charge in [0.15, 0.2) is 5.78 Å². The third-order valence-electron chi connectivity index (χ3n) is 6.11. The van der Waals surface area contributed by atoms with E-state index >= 15 is 0 Å². The van der Waals surface area contributed by atoms with E-state index in [-0.39, 0.29) is 12.2 Å². The highest BCUT2D eigenvalue weighted by molar-refractivity contribution is 7.78. The maximum Gasteiger partial charge on any atom is 0.248 e. The Morgan fingerprint density at radius 3 is 2.70 bits per heavy atom. The quantitative estimate of drug-likeness (QED) is 0.399. The molecule has 2 aromatic heterocycles. The number of amides is 1. The number of carbonyl (C=O) groups is 2. The average molecular weight is 501 g/mol. The van der Waals surface area contributed by atoms with Gasteiger partial charge in [-0.05, 0) is 40.1 Å². The fourth-order valence-corrected chi connectivity index (χ4v) is 5.65. The highest BCUT2D eigenvalue weighted by Crippen LogP contribution is 2.48. The first kappa shape index (κ1) is 22.4. The molecule has 2 aliphatic rings. The average Bonchev–Trinajstić information content (AvgIpc) is 3.32. The van der Waals surface area contributed by atoms with E-state index in [1.165, 1.54) is 15.6 Å². The van der Waals surface area contributed by atoms with E-state index in [9.17, 15) is 9.59 Å². The molecule has 2 fully saturated rings.